The first-order chi connectivity index (χ1) is 37.2. The summed E-state index contributed by atoms with van der Waals surface area (Å²) in [5.41, 5.74) is 14.6. The Morgan fingerprint density at radius 1 is 0.329 bits per heavy atom. The molecule has 12 nitrogen and oxygen atoms in total. The summed E-state index contributed by atoms with van der Waals surface area (Å²) in [6.45, 7) is 2.21. The minimum absolute atomic E-state index is 0.151. The number of fused-ring (bicyclic) bond motifs is 8. The van der Waals surface area contributed by atoms with Crippen molar-refractivity contribution in [2.24, 2.45) is 0 Å². The quantitative estimate of drug-likeness (QED) is 0.0327. The van der Waals surface area contributed by atoms with Crippen molar-refractivity contribution in [3.05, 3.63) is 166 Å². The average molecular weight is 1060 g/mol. The van der Waals surface area contributed by atoms with Gasteiger partial charge in [0.05, 0.1) is 22.8 Å². The van der Waals surface area contributed by atoms with E-state index in [1.54, 1.807) is 0 Å². The number of carbonyl (C=O) groups excluding carboxylic acids is 4. The van der Waals surface area contributed by atoms with Crippen LogP contribution in [-0.4, -0.2) is 111 Å². The molecule has 5 heterocycles. The van der Waals surface area contributed by atoms with Crippen LogP contribution in [0.15, 0.2) is 121 Å². The third-order valence-corrected chi connectivity index (χ3v) is 14.5. The van der Waals surface area contributed by atoms with Gasteiger partial charge in [0.1, 0.15) is 0 Å². The first-order valence-corrected chi connectivity index (χ1v) is 28.3. The Morgan fingerprint density at radius 3 is 0.737 bits per heavy atom. The molecule has 9 rings (SSSR count). The first kappa shape index (κ1) is 53.1. The molecule has 3 aromatic heterocycles. The van der Waals surface area contributed by atoms with E-state index in [-0.39, 0.29) is 23.6 Å². The standard InChI is InChI=1S/C60H54N8O4Si4/c69-57(61-29-1-33-73)41-13-5-37(6-14-41)53-45-21-23-47(65-45)54(38-7-15-42(16-8-38)58(70)62-30-2-34-74)49-25-27-51(67-49)56(40-11-19-44(20-12-40)60(72)64-32-4-36-76)52-28-26-50(68-52)55(48-24-22-46(53)66-48)39-9-17-43(18-10-39)59(71)63-31-3-35-75/h5-28,65,68H,1-4,29-36H2,(H,61,69)(H,62,70)(H,63,71)(H,64,72). The molecule has 16 heteroatoms. The summed E-state index contributed by atoms with van der Waals surface area (Å²) in [5, 5.41) is 12.0. The monoisotopic (exact) mass is 1060 g/mol. The number of nitrogens with one attached hydrogen (secondary N) is 6. The average Bonchev–Trinajstić information content (AvgIpc) is 4.32. The zero-order valence-corrected chi connectivity index (χ0v) is 45.9. The molecule has 2 aliphatic rings. The maximum absolute atomic E-state index is 13.2. The fourth-order valence-electron chi connectivity index (χ4n) is 9.14. The van der Waals surface area contributed by atoms with E-state index in [1.807, 2.05) is 146 Å². The van der Waals surface area contributed by atoms with Crippen molar-refractivity contribution < 1.29 is 19.2 Å². The fourth-order valence-corrected chi connectivity index (χ4v) is 9.85. The van der Waals surface area contributed by atoms with Gasteiger partial charge in [-0.15, -0.1) is 0 Å². The molecular weight excluding hydrogens is 1010 g/mol. The summed E-state index contributed by atoms with van der Waals surface area (Å²) >= 11 is 0. The van der Waals surface area contributed by atoms with Crippen LogP contribution in [0.1, 0.15) is 89.9 Å². The van der Waals surface area contributed by atoms with Gasteiger partial charge in [-0.1, -0.05) is 72.7 Å². The molecule has 0 saturated heterocycles. The van der Waals surface area contributed by atoms with E-state index in [2.05, 4.69) is 72.2 Å². The van der Waals surface area contributed by atoms with Crippen LogP contribution in [0.2, 0.25) is 24.2 Å². The third kappa shape index (κ3) is 12.2. The number of aromatic amines is 2. The number of rotatable bonds is 20. The van der Waals surface area contributed by atoms with Gasteiger partial charge in [0.25, 0.3) is 23.6 Å². The number of benzene rings is 4. The molecule has 0 spiro atoms. The number of H-pyrrole nitrogens is 2. The maximum atomic E-state index is 13.2. The van der Waals surface area contributed by atoms with Crippen LogP contribution < -0.4 is 21.3 Å². The molecule has 0 saturated carbocycles. The van der Waals surface area contributed by atoms with Gasteiger partial charge in [-0.2, -0.15) is 0 Å². The van der Waals surface area contributed by atoms with E-state index in [0.29, 0.717) is 71.2 Å². The summed E-state index contributed by atoms with van der Waals surface area (Å²) in [6.07, 6.45) is 11.3. The van der Waals surface area contributed by atoms with Crippen LogP contribution in [0.4, 0.5) is 0 Å². The third-order valence-electron chi connectivity index (χ3n) is 13.1. The Morgan fingerprint density at radius 2 is 0.539 bits per heavy atom. The SMILES string of the molecule is O=C(NCCC[Si])c1ccc(-c2c3nc(c(-c4ccc(C(=O)NCCC[Si])cc4)c4ccc([nH]4)c(-c4ccc(C(=O)NCCC[Si])cc4)c4nc(c(-c5ccc(C(=O)NCCC[Si])cc5)c5ccc2[nH]5)C=C4)C=C3)cc1. The van der Waals surface area contributed by atoms with Crippen LogP contribution in [0.25, 0.3) is 90.9 Å². The topological polar surface area (TPSA) is 174 Å². The molecule has 2 aliphatic heterocycles. The van der Waals surface area contributed by atoms with Crippen LogP contribution in [0.3, 0.4) is 0 Å². The smallest absolute Gasteiger partial charge is 0.251 e. The second-order valence-corrected chi connectivity index (χ2v) is 20.2. The predicted octanol–water partition coefficient (Wildman–Crippen LogP) is 10.2. The van der Waals surface area contributed by atoms with Gasteiger partial charge in [0, 0.05) is 134 Å². The van der Waals surface area contributed by atoms with Gasteiger partial charge in [0.2, 0.25) is 0 Å². The number of hydrogen-bond donors (Lipinski definition) is 6. The molecule has 6 N–H and O–H groups in total. The van der Waals surface area contributed by atoms with Gasteiger partial charge in [-0.3, -0.25) is 19.2 Å². The Bertz CT molecular complexity index is 3040. The van der Waals surface area contributed by atoms with Crippen LogP contribution in [-0.2, 0) is 0 Å². The van der Waals surface area contributed by atoms with Crippen molar-refractivity contribution in [1.29, 1.82) is 0 Å². The molecule has 12 radical (unpaired) electrons. The van der Waals surface area contributed by atoms with Crippen molar-refractivity contribution >= 4 is 111 Å². The lowest BCUT2D eigenvalue weighted by atomic mass is 10.0. The van der Waals surface area contributed by atoms with E-state index < -0.39 is 0 Å². The molecule has 4 amide bonds. The minimum atomic E-state index is -0.151. The maximum Gasteiger partial charge on any atom is 0.251 e. The van der Waals surface area contributed by atoms with Crippen LogP contribution in [0.5, 0.6) is 0 Å². The van der Waals surface area contributed by atoms with E-state index in [0.717, 1.165) is 116 Å². The molecule has 374 valence electrons. The summed E-state index contributed by atoms with van der Waals surface area (Å²) in [5.74, 6) is -0.604. The van der Waals surface area contributed by atoms with E-state index in [4.69, 9.17) is 9.97 Å². The highest BCUT2D eigenvalue weighted by Gasteiger charge is 2.21. The number of hydrogen-bond acceptors (Lipinski definition) is 6. The summed E-state index contributed by atoms with van der Waals surface area (Å²) < 4.78 is 0. The normalized spacial score (nSPS) is 11.6. The van der Waals surface area contributed by atoms with Crippen molar-refractivity contribution in [1.82, 2.24) is 41.2 Å². The largest absolute Gasteiger partial charge is 0.354 e. The number of carbonyl (C=O) groups is 4. The second kappa shape index (κ2) is 25.2. The molecule has 0 fully saturated rings. The highest BCUT2D eigenvalue weighted by Crippen LogP contribution is 2.39. The van der Waals surface area contributed by atoms with E-state index in [9.17, 15) is 19.2 Å². The lowest BCUT2D eigenvalue weighted by Gasteiger charge is -2.09. The Hall–Kier alpha value is -7.77. The van der Waals surface area contributed by atoms with Gasteiger partial charge < -0.3 is 31.2 Å². The number of aromatic nitrogens is 4. The highest BCUT2D eigenvalue weighted by molar-refractivity contribution is 6.09. The molecular formula is C60H54N8O4Si4. The van der Waals surface area contributed by atoms with E-state index >= 15 is 0 Å². The molecule has 7 aromatic rings. The summed E-state index contributed by atoms with van der Waals surface area (Å²) in [6, 6.07) is 41.5. The van der Waals surface area contributed by atoms with Crippen molar-refractivity contribution in [2.75, 3.05) is 26.2 Å². The Balaban J connectivity index is 1.30. The van der Waals surface area contributed by atoms with Gasteiger partial charge in [0.15, 0.2) is 0 Å². The first-order valence-electron chi connectivity index (χ1n) is 25.5. The lowest BCUT2D eigenvalue weighted by Crippen LogP contribution is -2.24. The number of nitrogens with zero attached hydrogens (tertiary/aromatic N) is 2. The highest BCUT2D eigenvalue weighted by atomic mass is 28.2. The predicted molar refractivity (Wildman–Crippen MR) is 311 cm³/mol. The van der Waals surface area contributed by atoms with E-state index in [1.165, 1.54) is 0 Å². The molecule has 8 bridgehead atoms. The molecule has 0 aliphatic carbocycles. The molecule has 0 unspecified atom stereocenters. The number of amides is 4. The van der Waals surface area contributed by atoms with Gasteiger partial charge in [-0.25, -0.2) is 9.97 Å². The fraction of sp³-hybridized carbons (Fsp3) is 0.200. The van der Waals surface area contributed by atoms with Crippen molar-refractivity contribution in [2.45, 2.75) is 49.9 Å². The van der Waals surface area contributed by atoms with Crippen LogP contribution >= 0.6 is 0 Å². The second-order valence-electron chi connectivity index (χ2n) is 18.2. The van der Waals surface area contributed by atoms with Gasteiger partial charge >= 0.3 is 0 Å². The molecule has 76 heavy (non-hydrogen) atoms. The lowest BCUT2D eigenvalue weighted by molar-refractivity contribution is 0.0945. The zero-order chi connectivity index (χ0) is 53.0. The zero-order valence-electron chi connectivity index (χ0n) is 41.9. The van der Waals surface area contributed by atoms with Crippen molar-refractivity contribution in [3.63, 3.8) is 0 Å². The summed E-state index contributed by atoms with van der Waals surface area (Å²) in [4.78, 5) is 71.2. The molecule has 4 aromatic carbocycles. The Labute approximate surface area is 455 Å². The van der Waals surface area contributed by atoms with Crippen molar-refractivity contribution in [3.8, 4) is 44.5 Å². The molecule has 0 atom stereocenters. The van der Waals surface area contributed by atoms with Gasteiger partial charge in [-0.05, 0) is 145 Å². The minimum Gasteiger partial charge on any atom is -0.354 e. The van der Waals surface area contributed by atoms with Crippen LogP contribution in [0, 0.1) is 0 Å². The Kier molecular flexibility index (Phi) is 17.6. The summed E-state index contributed by atoms with van der Waals surface area (Å²) in [7, 11) is 14.0.